The van der Waals surface area contributed by atoms with Crippen LogP contribution in [0.3, 0.4) is 0 Å². The van der Waals surface area contributed by atoms with E-state index in [9.17, 15) is 9.59 Å². The minimum atomic E-state index is -0.818. The minimum absolute atomic E-state index is 0.0728. The quantitative estimate of drug-likeness (QED) is 0.864. The van der Waals surface area contributed by atoms with Crippen molar-refractivity contribution < 1.29 is 14.7 Å². The molecule has 1 fully saturated rings. The number of hydrogen-bond acceptors (Lipinski definition) is 3. The van der Waals surface area contributed by atoms with Crippen molar-refractivity contribution in [2.75, 3.05) is 13.1 Å². The number of carboxylic acid groups (broad SMARTS) is 1. The van der Waals surface area contributed by atoms with Crippen molar-refractivity contribution in [2.45, 2.75) is 38.8 Å². The largest absolute Gasteiger partial charge is 0.481 e. The smallest absolute Gasteiger partial charge is 0.310 e. The van der Waals surface area contributed by atoms with Gasteiger partial charge in [-0.25, -0.2) is 0 Å². The Labute approximate surface area is 125 Å². The van der Waals surface area contributed by atoms with Crippen LogP contribution in [0.25, 0.3) is 0 Å². The maximum atomic E-state index is 11.8. The monoisotopic (exact) mass is 290 g/mol. The summed E-state index contributed by atoms with van der Waals surface area (Å²) >= 11 is 0. The Morgan fingerprint density at radius 2 is 2.10 bits per heavy atom. The topological polar surface area (TPSA) is 69.6 Å². The van der Waals surface area contributed by atoms with E-state index in [-0.39, 0.29) is 11.9 Å². The van der Waals surface area contributed by atoms with Crippen LogP contribution >= 0.6 is 0 Å². The first-order chi connectivity index (χ1) is 10.0. The van der Waals surface area contributed by atoms with Crippen molar-refractivity contribution in [2.24, 2.45) is 0 Å². The molecule has 1 aromatic carbocycles. The number of rotatable bonds is 5. The van der Waals surface area contributed by atoms with Crippen molar-refractivity contribution in [1.29, 1.82) is 0 Å². The number of amides is 1. The third-order valence-electron chi connectivity index (χ3n) is 4.06. The van der Waals surface area contributed by atoms with Gasteiger partial charge in [-0.05, 0) is 24.5 Å². The molecule has 5 nitrogen and oxygen atoms in total. The second-order valence-corrected chi connectivity index (χ2v) is 5.49. The molecule has 114 valence electrons. The van der Waals surface area contributed by atoms with Crippen molar-refractivity contribution >= 4 is 11.9 Å². The highest BCUT2D eigenvalue weighted by atomic mass is 16.4. The molecular formula is C16H22N2O3. The second kappa shape index (κ2) is 6.72. The molecule has 2 rings (SSSR count). The van der Waals surface area contributed by atoms with Crippen LogP contribution in [0.4, 0.5) is 0 Å². The lowest BCUT2D eigenvalue weighted by Crippen LogP contribution is -2.54. The first-order valence-corrected chi connectivity index (χ1v) is 7.36. The average molecular weight is 290 g/mol. The number of carbonyl (C=O) groups excluding carboxylic acids is 1. The van der Waals surface area contributed by atoms with E-state index >= 15 is 0 Å². The Hall–Kier alpha value is -1.88. The third-order valence-corrected chi connectivity index (χ3v) is 4.06. The Balaban J connectivity index is 2.06. The first-order valence-electron chi connectivity index (χ1n) is 7.36. The highest BCUT2D eigenvalue weighted by Gasteiger charge is 2.27. The first kappa shape index (κ1) is 15.5. The number of hydrogen-bond donors (Lipinski definition) is 2. The fourth-order valence-corrected chi connectivity index (χ4v) is 2.68. The molecule has 0 aromatic heterocycles. The van der Waals surface area contributed by atoms with Gasteiger partial charge in [0.1, 0.15) is 0 Å². The van der Waals surface area contributed by atoms with Crippen LogP contribution in [-0.2, 0) is 16.1 Å². The summed E-state index contributed by atoms with van der Waals surface area (Å²) in [5.74, 6) is -1.22. The molecule has 1 amide bonds. The van der Waals surface area contributed by atoms with Crippen LogP contribution in [0.2, 0.25) is 0 Å². The van der Waals surface area contributed by atoms with Gasteiger partial charge < -0.3 is 10.4 Å². The number of aliphatic carboxylic acids is 1. The number of carbonyl (C=O) groups is 2. The molecule has 0 saturated carbocycles. The van der Waals surface area contributed by atoms with E-state index in [1.54, 1.807) is 6.92 Å². The van der Waals surface area contributed by atoms with Crippen LogP contribution in [0.1, 0.15) is 37.3 Å². The summed E-state index contributed by atoms with van der Waals surface area (Å²) < 4.78 is 0. The molecule has 1 heterocycles. The van der Waals surface area contributed by atoms with Gasteiger partial charge in [0.15, 0.2) is 0 Å². The van der Waals surface area contributed by atoms with E-state index in [1.807, 2.05) is 31.2 Å². The molecule has 2 unspecified atom stereocenters. The zero-order valence-corrected chi connectivity index (χ0v) is 12.5. The van der Waals surface area contributed by atoms with Gasteiger partial charge in [0, 0.05) is 19.6 Å². The van der Waals surface area contributed by atoms with Gasteiger partial charge in [0.2, 0.25) is 5.91 Å². The van der Waals surface area contributed by atoms with Crippen LogP contribution in [-0.4, -0.2) is 41.0 Å². The maximum absolute atomic E-state index is 11.8. The summed E-state index contributed by atoms with van der Waals surface area (Å²) in [5.41, 5.74) is 1.90. The lowest BCUT2D eigenvalue weighted by molar-refractivity contribution is -0.138. The Bertz CT molecular complexity index is 513. The van der Waals surface area contributed by atoms with Crippen molar-refractivity contribution in [3.8, 4) is 0 Å². The number of nitrogens with one attached hydrogen (secondary N) is 1. The van der Waals surface area contributed by atoms with Gasteiger partial charge in [0.25, 0.3) is 0 Å². The van der Waals surface area contributed by atoms with Crippen LogP contribution in [0.5, 0.6) is 0 Å². The Kier molecular flexibility index (Phi) is 4.96. The van der Waals surface area contributed by atoms with Gasteiger partial charge in [-0.2, -0.15) is 0 Å². The zero-order valence-electron chi connectivity index (χ0n) is 12.5. The Morgan fingerprint density at radius 1 is 1.43 bits per heavy atom. The van der Waals surface area contributed by atoms with E-state index in [0.29, 0.717) is 13.1 Å². The predicted molar refractivity (Wildman–Crippen MR) is 80.0 cm³/mol. The van der Waals surface area contributed by atoms with Crippen molar-refractivity contribution in [3.05, 3.63) is 35.4 Å². The van der Waals surface area contributed by atoms with E-state index in [2.05, 4.69) is 10.2 Å². The van der Waals surface area contributed by atoms with Gasteiger partial charge >= 0.3 is 5.97 Å². The standard InChI is InChI=1S/C16H22N2O3/c1-3-14-15(19)17-8-9-18(14)10-12-4-6-13(7-5-12)11(2)16(20)21/h4-7,11,14H,3,8-10H2,1-2H3,(H,17,19)(H,20,21). The molecule has 5 heteroatoms. The Morgan fingerprint density at radius 3 is 2.67 bits per heavy atom. The fraction of sp³-hybridized carbons (Fsp3) is 0.500. The van der Waals surface area contributed by atoms with Gasteiger partial charge in [0.05, 0.1) is 12.0 Å². The lowest BCUT2D eigenvalue weighted by atomic mass is 9.99. The van der Waals surface area contributed by atoms with Gasteiger partial charge in [-0.3, -0.25) is 14.5 Å². The summed E-state index contributed by atoms with van der Waals surface area (Å²) in [6.45, 7) is 5.94. The van der Waals surface area contributed by atoms with Gasteiger partial charge in [-0.15, -0.1) is 0 Å². The summed E-state index contributed by atoms with van der Waals surface area (Å²) in [7, 11) is 0. The van der Waals surface area contributed by atoms with E-state index in [4.69, 9.17) is 5.11 Å². The molecule has 1 aliphatic heterocycles. The molecule has 1 saturated heterocycles. The maximum Gasteiger partial charge on any atom is 0.310 e. The zero-order chi connectivity index (χ0) is 15.4. The average Bonchev–Trinajstić information content (AvgIpc) is 2.47. The minimum Gasteiger partial charge on any atom is -0.481 e. The molecule has 1 aromatic rings. The van der Waals surface area contributed by atoms with E-state index in [0.717, 1.165) is 24.1 Å². The van der Waals surface area contributed by atoms with Crippen LogP contribution in [0, 0.1) is 0 Å². The SMILES string of the molecule is CCC1C(=O)NCCN1Cc1ccc(C(C)C(=O)O)cc1. The molecule has 1 aliphatic rings. The summed E-state index contributed by atoms with van der Waals surface area (Å²) in [4.78, 5) is 25.0. The highest BCUT2D eigenvalue weighted by molar-refractivity contribution is 5.82. The highest BCUT2D eigenvalue weighted by Crippen LogP contribution is 2.18. The van der Waals surface area contributed by atoms with Crippen molar-refractivity contribution in [3.63, 3.8) is 0 Å². The molecule has 21 heavy (non-hydrogen) atoms. The fourth-order valence-electron chi connectivity index (χ4n) is 2.68. The molecule has 0 aliphatic carbocycles. The predicted octanol–water partition coefficient (Wildman–Crippen LogP) is 1.59. The lowest BCUT2D eigenvalue weighted by Gasteiger charge is -2.34. The number of piperazine rings is 1. The summed E-state index contributed by atoms with van der Waals surface area (Å²) in [5, 5.41) is 11.9. The van der Waals surface area contributed by atoms with E-state index < -0.39 is 11.9 Å². The number of benzene rings is 1. The summed E-state index contributed by atoms with van der Waals surface area (Å²) in [6, 6.07) is 7.55. The number of nitrogens with zero attached hydrogens (tertiary/aromatic N) is 1. The van der Waals surface area contributed by atoms with Gasteiger partial charge in [-0.1, -0.05) is 31.2 Å². The molecule has 0 radical (unpaired) electrons. The number of carboxylic acids is 1. The molecule has 0 bridgehead atoms. The van der Waals surface area contributed by atoms with Crippen LogP contribution < -0.4 is 5.32 Å². The normalized spacial score (nSPS) is 20.9. The molecule has 2 atom stereocenters. The summed E-state index contributed by atoms with van der Waals surface area (Å²) in [6.07, 6.45) is 0.792. The second-order valence-electron chi connectivity index (χ2n) is 5.49. The molecular weight excluding hydrogens is 268 g/mol. The van der Waals surface area contributed by atoms with Crippen molar-refractivity contribution in [1.82, 2.24) is 10.2 Å². The van der Waals surface area contributed by atoms with Crippen LogP contribution in [0.15, 0.2) is 24.3 Å². The van der Waals surface area contributed by atoms with E-state index in [1.165, 1.54) is 0 Å². The third kappa shape index (κ3) is 3.61. The molecule has 0 spiro atoms. The molecule has 2 N–H and O–H groups in total.